The van der Waals surface area contributed by atoms with Gasteiger partial charge in [0, 0.05) is 13.8 Å². The van der Waals surface area contributed by atoms with Crippen LogP contribution in [0.1, 0.15) is 20.8 Å². The number of carboxylic acids is 2. The highest BCUT2D eigenvalue weighted by molar-refractivity contribution is 5.85. The van der Waals surface area contributed by atoms with Crippen molar-refractivity contribution in [1.82, 2.24) is 0 Å². The van der Waals surface area contributed by atoms with Gasteiger partial charge in [-0.1, -0.05) is 6.08 Å². The van der Waals surface area contributed by atoms with Crippen LogP contribution in [-0.4, -0.2) is 28.1 Å². The molecule has 0 aromatic heterocycles. The van der Waals surface area contributed by atoms with Gasteiger partial charge in [0.25, 0.3) is 11.9 Å². The second-order valence-electron chi connectivity index (χ2n) is 1.94. The predicted octanol–water partition coefficient (Wildman–Crippen LogP) is 0.230. The molecule has 4 N–H and O–H groups in total. The van der Waals surface area contributed by atoms with Crippen molar-refractivity contribution in [3.05, 3.63) is 12.2 Å². The van der Waals surface area contributed by atoms with Crippen LogP contribution in [0.15, 0.2) is 12.2 Å². The van der Waals surface area contributed by atoms with Crippen LogP contribution in [0.2, 0.25) is 0 Å². The number of primary amides is 1. The zero-order chi connectivity index (χ0) is 12.1. The van der Waals surface area contributed by atoms with Crippen LogP contribution in [0, 0.1) is 0 Å². The molecule has 1 amide bonds. The molecule has 14 heavy (non-hydrogen) atoms. The molecule has 0 aliphatic heterocycles. The molecule has 0 bridgehead atoms. The van der Waals surface area contributed by atoms with Gasteiger partial charge in [-0.3, -0.25) is 14.4 Å². The molecule has 0 heterocycles. The molecule has 0 aromatic rings. The van der Waals surface area contributed by atoms with E-state index >= 15 is 0 Å². The molecule has 0 unspecified atom stereocenters. The summed E-state index contributed by atoms with van der Waals surface area (Å²) in [5, 5.41) is 14.8. The minimum absolute atomic E-state index is 0.391. The molecule has 0 radical (unpaired) electrons. The Bertz CT molecular complexity index is 190. The quantitative estimate of drug-likeness (QED) is 0.529. The minimum Gasteiger partial charge on any atom is -0.481 e. The number of hydrogen-bond acceptors (Lipinski definition) is 3. The number of carbonyl (C=O) groups excluding carboxylic acids is 1. The fourth-order valence-electron chi connectivity index (χ4n) is 0.164. The van der Waals surface area contributed by atoms with Gasteiger partial charge in [-0.15, -0.1) is 0 Å². The third-order valence-corrected chi connectivity index (χ3v) is 0.331. The van der Waals surface area contributed by atoms with E-state index in [2.05, 4.69) is 5.73 Å². The second kappa shape index (κ2) is 13.7. The first-order chi connectivity index (χ1) is 6.23. The van der Waals surface area contributed by atoms with Gasteiger partial charge in [0.15, 0.2) is 0 Å². The Hall–Kier alpha value is -1.85. The van der Waals surface area contributed by atoms with Crippen LogP contribution in [0.25, 0.3) is 0 Å². The number of hydrogen-bond donors (Lipinski definition) is 3. The maximum Gasteiger partial charge on any atom is 0.300 e. The topological polar surface area (TPSA) is 118 Å². The molecule has 6 nitrogen and oxygen atoms in total. The zero-order valence-electron chi connectivity index (χ0n) is 8.35. The van der Waals surface area contributed by atoms with E-state index in [0.717, 1.165) is 13.8 Å². The molecular formula is C8H15NO5. The molecule has 0 aliphatic rings. The van der Waals surface area contributed by atoms with E-state index in [1.54, 1.807) is 13.0 Å². The van der Waals surface area contributed by atoms with Crippen LogP contribution in [0.3, 0.4) is 0 Å². The Balaban J connectivity index is -0.000000135. The van der Waals surface area contributed by atoms with Gasteiger partial charge in [-0.25, -0.2) is 0 Å². The molecule has 0 aliphatic carbocycles. The largest absolute Gasteiger partial charge is 0.481 e. The second-order valence-corrected chi connectivity index (χ2v) is 1.94. The highest BCUT2D eigenvalue weighted by atomic mass is 16.4. The van der Waals surface area contributed by atoms with E-state index in [0.29, 0.717) is 0 Å². The fraction of sp³-hybridized carbons (Fsp3) is 0.375. The normalized spacial score (nSPS) is 7.64. The number of nitrogens with two attached hydrogens (primary N) is 1. The molecule has 0 atom stereocenters. The van der Waals surface area contributed by atoms with E-state index in [-0.39, 0.29) is 0 Å². The van der Waals surface area contributed by atoms with Crippen molar-refractivity contribution in [2.75, 3.05) is 0 Å². The summed E-state index contributed by atoms with van der Waals surface area (Å²) in [6, 6.07) is 0. The lowest BCUT2D eigenvalue weighted by molar-refractivity contribution is -0.135. The summed E-state index contributed by atoms with van der Waals surface area (Å²) in [4.78, 5) is 27.7. The number of rotatable bonds is 1. The zero-order valence-corrected chi connectivity index (χ0v) is 8.35. The summed E-state index contributed by atoms with van der Waals surface area (Å²) < 4.78 is 0. The first-order valence-electron chi connectivity index (χ1n) is 3.55. The molecular weight excluding hydrogens is 190 g/mol. The van der Waals surface area contributed by atoms with E-state index in [1.165, 1.54) is 6.08 Å². The van der Waals surface area contributed by atoms with Crippen LogP contribution in [0.4, 0.5) is 0 Å². The molecule has 0 aromatic carbocycles. The molecule has 0 fully saturated rings. The molecule has 0 saturated heterocycles. The van der Waals surface area contributed by atoms with Crippen molar-refractivity contribution >= 4 is 17.8 Å². The lowest BCUT2D eigenvalue weighted by Crippen LogP contribution is -2.04. The number of amides is 1. The van der Waals surface area contributed by atoms with Crippen LogP contribution in [0.5, 0.6) is 0 Å². The van der Waals surface area contributed by atoms with E-state index in [9.17, 15) is 4.79 Å². The third-order valence-electron chi connectivity index (χ3n) is 0.331. The average Bonchev–Trinajstić information content (AvgIpc) is 1.82. The van der Waals surface area contributed by atoms with Gasteiger partial charge >= 0.3 is 0 Å². The summed E-state index contributed by atoms with van der Waals surface area (Å²) in [7, 11) is 0. The van der Waals surface area contributed by atoms with E-state index in [4.69, 9.17) is 19.8 Å². The molecule has 6 heteroatoms. The number of allylic oxidation sites excluding steroid dienone is 1. The Morgan fingerprint density at radius 2 is 1.29 bits per heavy atom. The van der Waals surface area contributed by atoms with Gasteiger partial charge in [0.05, 0.1) is 0 Å². The SMILES string of the molecule is CC(=O)O.CC(=O)O.CC=CC(N)=O. The number of carbonyl (C=O) groups is 3. The van der Waals surface area contributed by atoms with Crippen molar-refractivity contribution in [2.45, 2.75) is 20.8 Å². The van der Waals surface area contributed by atoms with Gasteiger partial charge < -0.3 is 15.9 Å². The molecule has 0 rings (SSSR count). The summed E-state index contributed by atoms with van der Waals surface area (Å²) in [6.07, 6.45) is 2.91. The first kappa shape index (κ1) is 18.0. The molecule has 0 spiro atoms. The van der Waals surface area contributed by atoms with Gasteiger partial charge in [0.2, 0.25) is 5.91 Å². The highest BCUT2D eigenvalue weighted by Gasteiger charge is 1.73. The Labute approximate surface area is 82.0 Å². The Morgan fingerprint density at radius 1 is 1.07 bits per heavy atom. The van der Waals surface area contributed by atoms with E-state index in [1.807, 2.05) is 0 Å². The minimum atomic E-state index is -0.833. The van der Waals surface area contributed by atoms with Crippen LogP contribution in [-0.2, 0) is 14.4 Å². The molecule has 82 valence electrons. The van der Waals surface area contributed by atoms with Crippen molar-refractivity contribution in [2.24, 2.45) is 5.73 Å². The fourth-order valence-corrected chi connectivity index (χ4v) is 0.164. The van der Waals surface area contributed by atoms with Gasteiger partial charge in [-0.2, -0.15) is 0 Å². The van der Waals surface area contributed by atoms with Gasteiger partial charge in [0.1, 0.15) is 0 Å². The maximum absolute atomic E-state index is 9.73. The lowest BCUT2D eigenvalue weighted by Gasteiger charge is -1.70. The standard InChI is InChI=1S/C4H7NO.2C2H4O2/c1-2-3-4(5)6;2*1-2(3)4/h2-3H,1H3,(H2,5,6);2*1H3,(H,3,4). The maximum atomic E-state index is 9.73. The molecule has 0 saturated carbocycles. The van der Waals surface area contributed by atoms with Gasteiger partial charge in [-0.05, 0) is 13.0 Å². The lowest BCUT2D eigenvalue weighted by atomic mass is 10.5. The van der Waals surface area contributed by atoms with Crippen molar-refractivity contribution in [3.8, 4) is 0 Å². The predicted molar refractivity (Wildman–Crippen MR) is 50.6 cm³/mol. The van der Waals surface area contributed by atoms with Crippen molar-refractivity contribution in [1.29, 1.82) is 0 Å². The Morgan fingerprint density at radius 3 is 1.29 bits per heavy atom. The number of aliphatic carboxylic acids is 2. The van der Waals surface area contributed by atoms with Crippen LogP contribution < -0.4 is 5.73 Å². The summed E-state index contributed by atoms with van der Waals surface area (Å²) in [5.74, 6) is -2.06. The summed E-state index contributed by atoms with van der Waals surface area (Å²) in [5.41, 5.74) is 4.68. The third kappa shape index (κ3) is 643. The monoisotopic (exact) mass is 205 g/mol. The smallest absolute Gasteiger partial charge is 0.300 e. The van der Waals surface area contributed by atoms with Crippen LogP contribution >= 0.6 is 0 Å². The van der Waals surface area contributed by atoms with E-state index < -0.39 is 17.8 Å². The number of carboxylic acid groups (broad SMARTS) is 2. The average molecular weight is 205 g/mol. The first-order valence-corrected chi connectivity index (χ1v) is 3.55. The Kier molecular flexibility index (Phi) is 17.7. The summed E-state index contributed by atoms with van der Waals surface area (Å²) in [6.45, 7) is 3.91. The van der Waals surface area contributed by atoms with Crippen molar-refractivity contribution in [3.63, 3.8) is 0 Å². The summed E-state index contributed by atoms with van der Waals surface area (Å²) >= 11 is 0. The van der Waals surface area contributed by atoms with Crippen molar-refractivity contribution < 1.29 is 24.6 Å². The highest BCUT2D eigenvalue weighted by Crippen LogP contribution is 1.62.